The van der Waals surface area contributed by atoms with Gasteiger partial charge >= 0.3 is 0 Å². The van der Waals surface area contributed by atoms with Crippen molar-refractivity contribution in [2.24, 2.45) is 0 Å². The minimum absolute atomic E-state index is 0.273. The second kappa shape index (κ2) is 6.59. The van der Waals surface area contributed by atoms with Gasteiger partial charge in [-0.15, -0.1) is 0 Å². The monoisotopic (exact) mass is 304 g/mol. The predicted octanol–water partition coefficient (Wildman–Crippen LogP) is 3.76. The lowest BCUT2D eigenvalue weighted by molar-refractivity contribution is -0.122. The van der Waals surface area contributed by atoms with Crippen LogP contribution in [0.2, 0.25) is 5.02 Å². The van der Waals surface area contributed by atoms with E-state index in [-0.39, 0.29) is 5.91 Å². The first-order chi connectivity index (χ1) is 9.95. The molecule has 0 spiro atoms. The average Bonchev–Trinajstić information content (AvgIpc) is 2.43. The zero-order valence-electron chi connectivity index (χ0n) is 12.2. The fourth-order valence-electron chi connectivity index (χ4n) is 1.78. The number of carbonyl (C=O) groups is 1. The molecule has 1 amide bonds. The van der Waals surface area contributed by atoms with Gasteiger partial charge in [0, 0.05) is 6.20 Å². The molecule has 4 nitrogen and oxygen atoms in total. The van der Waals surface area contributed by atoms with Crippen molar-refractivity contribution in [3.63, 3.8) is 0 Å². The summed E-state index contributed by atoms with van der Waals surface area (Å²) in [7, 11) is 0. The molecule has 0 aliphatic carbocycles. The number of anilines is 1. The minimum Gasteiger partial charge on any atom is -0.479 e. The highest BCUT2D eigenvalue weighted by molar-refractivity contribution is 6.32. The molecule has 1 aromatic heterocycles. The third-order valence-corrected chi connectivity index (χ3v) is 3.24. The maximum Gasteiger partial charge on any atom is 0.266 e. The third-order valence-electron chi connectivity index (χ3n) is 2.93. The van der Waals surface area contributed by atoms with E-state index in [2.05, 4.69) is 10.3 Å². The Morgan fingerprint density at radius 1 is 1.24 bits per heavy atom. The first kappa shape index (κ1) is 15.3. The quantitative estimate of drug-likeness (QED) is 0.935. The summed E-state index contributed by atoms with van der Waals surface area (Å²) in [6.07, 6.45) is 0.972. The van der Waals surface area contributed by atoms with Gasteiger partial charge in [0.15, 0.2) is 6.10 Å². The maximum atomic E-state index is 12.1. The van der Waals surface area contributed by atoms with E-state index < -0.39 is 6.10 Å². The molecule has 1 heterocycles. The summed E-state index contributed by atoms with van der Waals surface area (Å²) < 4.78 is 5.62. The Morgan fingerprint density at radius 2 is 1.95 bits per heavy atom. The van der Waals surface area contributed by atoms with Crippen molar-refractivity contribution in [1.29, 1.82) is 0 Å². The number of benzene rings is 1. The van der Waals surface area contributed by atoms with E-state index in [0.717, 1.165) is 11.1 Å². The van der Waals surface area contributed by atoms with Crippen molar-refractivity contribution in [2.45, 2.75) is 26.9 Å². The standard InChI is InChI=1S/C16H17ClN2O2/c1-10-4-5-13(17)14(8-10)21-12(3)16(20)19-15-9-11(2)6-7-18-15/h4-9,12H,1-3H3,(H,18,19,20)/t12-/m0/s1. The summed E-state index contributed by atoms with van der Waals surface area (Å²) in [5.74, 6) is 0.730. The van der Waals surface area contributed by atoms with Gasteiger partial charge in [0.25, 0.3) is 5.91 Å². The van der Waals surface area contributed by atoms with Crippen LogP contribution in [0.1, 0.15) is 18.1 Å². The van der Waals surface area contributed by atoms with Gasteiger partial charge in [-0.3, -0.25) is 4.79 Å². The zero-order chi connectivity index (χ0) is 15.4. The number of aryl methyl sites for hydroxylation is 2. The van der Waals surface area contributed by atoms with Crippen LogP contribution >= 0.6 is 11.6 Å². The number of carbonyl (C=O) groups excluding carboxylic acids is 1. The van der Waals surface area contributed by atoms with Crippen molar-refractivity contribution in [3.8, 4) is 5.75 Å². The van der Waals surface area contributed by atoms with E-state index in [1.807, 2.05) is 26.0 Å². The normalized spacial score (nSPS) is 11.8. The van der Waals surface area contributed by atoms with Crippen molar-refractivity contribution < 1.29 is 9.53 Å². The Morgan fingerprint density at radius 3 is 2.67 bits per heavy atom. The van der Waals surface area contributed by atoms with Crippen LogP contribution in [-0.2, 0) is 4.79 Å². The number of pyridine rings is 1. The van der Waals surface area contributed by atoms with E-state index in [1.54, 1.807) is 31.3 Å². The lowest BCUT2D eigenvalue weighted by Crippen LogP contribution is -2.30. The van der Waals surface area contributed by atoms with Gasteiger partial charge in [0.2, 0.25) is 0 Å². The van der Waals surface area contributed by atoms with E-state index in [9.17, 15) is 4.79 Å². The Labute approximate surface area is 129 Å². The van der Waals surface area contributed by atoms with E-state index >= 15 is 0 Å². The summed E-state index contributed by atoms with van der Waals surface area (Å²) in [6, 6.07) is 9.10. The summed E-state index contributed by atoms with van der Waals surface area (Å²) >= 11 is 6.06. The molecule has 0 saturated carbocycles. The summed E-state index contributed by atoms with van der Waals surface area (Å²) in [4.78, 5) is 16.2. The molecule has 0 aliphatic heterocycles. The number of aromatic nitrogens is 1. The molecule has 1 aromatic carbocycles. The topological polar surface area (TPSA) is 51.2 Å². The highest BCUT2D eigenvalue weighted by atomic mass is 35.5. The summed E-state index contributed by atoms with van der Waals surface area (Å²) in [5, 5.41) is 3.20. The zero-order valence-corrected chi connectivity index (χ0v) is 12.9. The van der Waals surface area contributed by atoms with E-state index in [0.29, 0.717) is 16.6 Å². The first-order valence-electron chi connectivity index (χ1n) is 6.62. The number of nitrogens with one attached hydrogen (secondary N) is 1. The molecule has 1 N–H and O–H groups in total. The Hall–Kier alpha value is -2.07. The number of hydrogen-bond acceptors (Lipinski definition) is 3. The van der Waals surface area contributed by atoms with Gasteiger partial charge < -0.3 is 10.1 Å². The van der Waals surface area contributed by atoms with Gasteiger partial charge in [0.1, 0.15) is 11.6 Å². The SMILES string of the molecule is Cc1ccnc(NC(=O)[C@H](C)Oc2cc(C)ccc2Cl)c1. The number of rotatable bonds is 4. The lowest BCUT2D eigenvalue weighted by Gasteiger charge is -2.16. The number of nitrogens with zero attached hydrogens (tertiary/aromatic N) is 1. The summed E-state index contributed by atoms with van der Waals surface area (Å²) in [5.41, 5.74) is 2.04. The number of hydrogen-bond donors (Lipinski definition) is 1. The molecule has 0 aliphatic rings. The van der Waals surface area contributed by atoms with E-state index in [4.69, 9.17) is 16.3 Å². The second-order valence-corrected chi connectivity index (χ2v) is 5.31. The molecule has 5 heteroatoms. The van der Waals surface area contributed by atoms with E-state index in [1.165, 1.54) is 0 Å². The molecule has 1 atom stereocenters. The molecular formula is C16H17ClN2O2. The van der Waals surface area contributed by atoms with Crippen LogP contribution in [0.3, 0.4) is 0 Å². The Balaban J connectivity index is 2.04. The Kier molecular flexibility index (Phi) is 4.81. The molecule has 2 aromatic rings. The van der Waals surface area contributed by atoms with Crippen LogP contribution < -0.4 is 10.1 Å². The van der Waals surface area contributed by atoms with Crippen molar-refractivity contribution in [2.75, 3.05) is 5.32 Å². The van der Waals surface area contributed by atoms with Gasteiger partial charge in [-0.05, 0) is 56.2 Å². The molecule has 110 valence electrons. The second-order valence-electron chi connectivity index (χ2n) is 4.90. The van der Waals surface area contributed by atoms with Gasteiger partial charge in [-0.1, -0.05) is 17.7 Å². The Bertz CT molecular complexity index is 658. The fraction of sp³-hybridized carbons (Fsp3) is 0.250. The summed E-state index contributed by atoms with van der Waals surface area (Å²) in [6.45, 7) is 5.54. The molecule has 0 radical (unpaired) electrons. The van der Waals surface area contributed by atoms with Gasteiger partial charge in [0.05, 0.1) is 5.02 Å². The van der Waals surface area contributed by atoms with Crippen molar-refractivity contribution in [3.05, 3.63) is 52.7 Å². The fourth-order valence-corrected chi connectivity index (χ4v) is 1.94. The van der Waals surface area contributed by atoms with Crippen LogP contribution in [-0.4, -0.2) is 17.0 Å². The molecule has 0 bridgehead atoms. The maximum absolute atomic E-state index is 12.1. The van der Waals surface area contributed by atoms with Crippen molar-refractivity contribution in [1.82, 2.24) is 4.98 Å². The van der Waals surface area contributed by atoms with Crippen LogP contribution in [0.25, 0.3) is 0 Å². The average molecular weight is 305 g/mol. The molecular weight excluding hydrogens is 288 g/mol. The smallest absolute Gasteiger partial charge is 0.266 e. The molecule has 0 unspecified atom stereocenters. The van der Waals surface area contributed by atoms with Crippen LogP contribution in [0.15, 0.2) is 36.5 Å². The van der Waals surface area contributed by atoms with Gasteiger partial charge in [-0.25, -0.2) is 4.98 Å². The van der Waals surface area contributed by atoms with Gasteiger partial charge in [-0.2, -0.15) is 0 Å². The largest absolute Gasteiger partial charge is 0.479 e. The molecule has 2 rings (SSSR count). The lowest BCUT2D eigenvalue weighted by atomic mass is 10.2. The minimum atomic E-state index is -0.674. The highest BCUT2D eigenvalue weighted by Gasteiger charge is 2.16. The number of halogens is 1. The van der Waals surface area contributed by atoms with Crippen molar-refractivity contribution >= 4 is 23.3 Å². The number of amides is 1. The predicted molar refractivity (Wildman–Crippen MR) is 83.9 cm³/mol. The van der Waals surface area contributed by atoms with Crippen LogP contribution in [0, 0.1) is 13.8 Å². The third kappa shape index (κ3) is 4.20. The number of ether oxygens (including phenoxy) is 1. The molecule has 0 saturated heterocycles. The first-order valence-corrected chi connectivity index (χ1v) is 7.00. The highest BCUT2D eigenvalue weighted by Crippen LogP contribution is 2.26. The van der Waals surface area contributed by atoms with Crippen LogP contribution in [0.5, 0.6) is 5.75 Å². The van der Waals surface area contributed by atoms with Crippen LogP contribution in [0.4, 0.5) is 5.82 Å². The molecule has 21 heavy (non-hydrogen) atoms. The molecule has 0 fully saturated rings.